The molecule has 0 radical (unpaired) electrons. The van der Waals surface area contributed by atoms with Crippen LogP contribution in [0.3, 0.4) is 0 Å². The van der Waals surface area contributed by atoms with Crippen molar-refractivity contribution in [3.63, 3.8) is 0 Å². The van der Waals surface area contributed by atoms with Gasteiger partial charge in [-0.05, 0) is 39.0 Å². The summed E-state index contributed by atoms with van der Waals surface area (Å²) in [6, 6.07) is 0.650. The average Bonchev–Trinajstić information content (AvgIpc) is 2.71. The molecule has 3 atom stereocenters. The standard InChI is InChI=1S/C14H24N2O/c1-10(2)7-8-15-14(17)13-9-11-5-3-4-6-12(11)16-13/h7,11-13,16H,3-6,8-9H2,1-2H3,(H,15,17). The van der Waals surface area contributed by atoms with Crippen LogP contribution in [0.25, 0.3) is 0 Å². The minimum Gasteiger partial charge on any atom is -0.351 e. The summed E-state index contributed by atoms with van der Waals surface area (Å²) in [6.07, 6.45) is 8.30. The second kappa shape index (κ2) is 5.67. The normalized spacial score (nSPS) is 31.8. The predicted octanol–water partition coefficient (Wildman–Crippen LogP) is 1.99. The van der Waals surface area contributed by atoms with Crippen molar-refractivity contribution < 1.29 is 4.79 Å². The van der Waals surface area contributed by atoms with Crippen LogP contribution in [0.1, 0.15) is 46.0 Å². The van der Waals surface area contributed by atoms with E-state index in [4.69, 9.17) is 0 Å². The first-order valence-electron chi connectivity index (χ1n) is 6.84. The van der Waals surface area contributed by atoms with Gasteiger partial charge in [0.15, 0.2) is 0 Å². The molecule has 0 spiro atoms. The summed E-state index contributed by atoms with van der Waals surface area (Å²) < 4.78 is 0. The monoisotopic (exact) mass is 236 g/mol. The van der Waals surface area contributed by atoms with Gasteiger partial charge in [0.1, 0.15) is 0 Å². The predicted molar refractivity (Wildman–Crippen MR) is 69.7 cm³/mol. The highest BCUT2D eigenvalue weighted by Crippen LogP contribution is 2.33. The molecule has 1 heterocycles. The molecule has 2 rings (SSSR count). The van der Waals surface area contributed by atoms with E-state index in [9.17, 15) is 4.79 Å². The van der Waals surface area contributed by atoms with Crippen LogP contribution in [-0.2, 0) is 4.79 Å². The number of rotatable bonds is 3. The van der Waals surface area contributed by atoms with Gasteiger partial charge in [0.25, 0.3) is 0 Å². The maximum Gasteiger partial charge on any atom is 0.237 e. The first-order chi connectivity index (χ1) is 8.16. The molecule has 17 heavy (non-hydrogen) atoms. The highest BCUT2D eigenvalue weighted by Gasteiger charge is 2.37. The van der Waals surface area contributed by atoms with Crippen molar-refractivity contribution in [1.29, 1.82) is 0 Å². The fraction of sp³-hybridized carbons (Fsp3) is 0.786. The van der Waals surface area contributed by atoms with E-state index in [2.05, 4.69) is 30.6 Å². The Morgan fingerprint density at radius 1 is 1.35 bits per heavy atom. The zero-order chi connectivity index (χ0) is 12.3. The number of hydrogen-bond donors (Lipinski definition) is 2. The fourth-order valence-corrected chi connectivity index (χ4v) is 3.00. The molecule has 1 aliphatic heterocycles. The van der Waals surface area contributed by atoms with Crippen LogP contribution in [0.2, 0.25) is 0 Å². The molecule has 2 aliphatic rings. The summed E-state index contributed by atoms with van der Waals surface area (Å²) in [5.41, 5.74) is 1.25. The summed E-state index contributed by atoms with van der Waals surface area (Å²) in [5, 5.41) is 6.49. The van der Waals surface area contributed by atoms with Gasteiger partial charge in [-0.2, -0.15) is 0 Å². The maximum atomic E-state index is 12.0. The molecule has 0 aromatic heterocycles. The van der Waals surface area contributed by atoms with Gasteiger partial charge < -0.3 is 10.6 Å². The topological polar surface area (TPSA) is 41.1 Å². The molecular weight excluding hydrogens is 212 g/mol. The number of amides is 1. The Labute approximate surface area is 104 Å². The van der Waals surface area contributed by atoms with E-state index < -0.39 is 0 Å². The van der Waals surface area contributed by atoms with Crippen LogP contribution in [0, 0.1) is 5.92 Å². The van der Waals surface area contributed by atoms with Crippen molar-refractivity contribution in [2.45, 2.75) is 58.0 Å². The molecule has 1 amide bonds. The summed E-state index contributed by atoms with van der Waals surface area (Å²) in [7, 11) is 0. The van der Waals surface area contributed by atoms with Crippen LogP contribution in [0.4, 0.5) is 0 Å². The van der Waals surface area contributed by atoms with Crippen molar-refractivity contribution in [2.24, 2.45) is 5.92 Å². The molecule has 96 valence electrons. The second-order valence-corrected chi connectivity index (χ2v) is 5.63. The Morgan fingerprint density at radius 2 is 2.12 bits per heavy atom. The zero-order valence-corrected chi connectivity index (χ0v) is 11.0. The van der Waals surface area contributed by atoms with E-state index in [0.29, 0.717) is 12.6 Å². The minimum atomic E-state index is 0.0497. The van der Waals surface area contributed by atoms with Crippen LogP contribution >= 0.6 is 0 Å². The number of nitrogens with one attached hydrogen (secondary N) is 2. The van der Waals surface area contributed by atoms with Crippen LogP contribution < -0.4 is 10.6 Å². The van der Waals surface area contributed by atoms with Crippen molar-refractivity contribution in [1.82, 2.24) is 10.6 Å². The molecule has 3 nitrogen and oxygen atoms in total. The van der Waals surface area contributed by atoms with Crippen molar-refractivity contribution in [2.75, 3.05) is 6.54 Å². The van der Waals surface area contributed by atoms with E-state index >= 15 is 0 Å². The third kappa shape index (κ3) is 3.32. The van der Waals surface area contributed by atoms with Gasteiger partial charge in [-0.1, -0.05) is 24.5 Å². The van der Waals surface area contributed by atoms with Gasteiger partial charge in [0.2, 0.25) is 5.91 Å². The molecule has 3 unspecified atom stereocenters. The Bertz CT molecular complexity index is 293. The van der Waals surface area contributed by atoms with Gasteiger partial charge in [-0.25, -0.2) is 0 Å². The minimum absolute atomic E-state index is 0.0497. The van der Waals surface area contributed by atoms with Crippen LogP contribution in [-0.4, -0.2) is 24.5 Å². The molecule has 1 aliphatic carbocycles. The number of fused-ring (bicyclic) bond motifs is 1. The van der Waals surface area contributed by atoms with E-state index in [0.717, 1.165) is 12.3 Å². The number of carbonyl (C=O) groups is 1. The summed E-state index contributed by atoms with van der Waals surface area (Å²) in [4.78, 5) is 12.0. The van der Waals surface area contributed by atoms with E-state index in [1.54, 1.807) is 0 Å². The lowest BCUT2D eigenvalue weighted by Crippen LogP contribution is -2.43. The Hall–Kier alpha value is -0.830. The lowest BCUT2D eigenvalue weighted by molar-refractivity contribution is -0.122. The molecule has 0 aromatic rings. The molecular formula is C14H24N2O. The van der Waals surface area contributed by atoms with Gasteiger partial charge in [-0.3, -0.25) is 4.79 Å². The lowest BCUT2D eigenvalue weighted by Gasteiger charge is -2.24. The summed E-state index contributed by atoms with van der Waals surface area (Å²) in [5.74, 6) is 0.917. The van der Waals surface area contributed by atoms with Crippen molar-refractivity contribution >= 4 is 5.91 Å². The fourth-order valence-electron chi connectivity index (χ4n) is 3.00. The number of allylic oxidation sites excluding steroid dienone is 1. The Balaban J connectivity index is 1.79. The van der Waals surface area contributed by atoms with Crippen LogP contribution in [0.15, 0.2) is 11.6 Å². The van der Waals surface area contributed by atoms with E-state index in [1.165, 1.54) is 31.3 Å². The molecule has 1 saturated carbocycles. The van der Waals surface area contributed by atoms with Crippen LogP contribution in [0.5, 0.6) is 0 Å². The molecule has 1 saturated heterocycles. The number of carbonyl (C=O) groups excluding carboxylic acids is 1. The molecule has 0 aromatic carbocycles. The van der Waals surface area contributed by atoms with Gasteiger partial charge in [0.05, 0.1) is 6.04 Å². The number of hydrogen-bond acceptors (Lipinski definition) is 2. The van der Waals surface area contributed by atoms with Gasteiger partial charge in [0, 0.05) is 12.6 Å². The largest absolute Gasteiger partial charge is 0.351 e. The molecule has 3 heteroatoms. The van der Waals surface area contributed by atoms with Gasteiger partial charge >= 0.3 is 0 Å². The molecule has 0 bridgehead atoms. The third-order valence-electron chi connectivity index (χ3n) is 3.97. The van der Waals surface area contributed by atoms with Gasteiger partial charge in [-0.15, -0.1) is 0 Å². The van der Waals surface area contributed by atoms with E-state index in [-0.39, 0.29) is 11.9 Å². The SMILES string of the molecule is CC(C)=CCNC(=O)C1CC2CCCCC2N1. The second-order valence-electron chi connectivity index (χ2n) is 5.63. The first-order valence-corrected chi connectivity index (χ1v) is 6.84. The highest BCUT2D eigenvalue weighted by atomic mass is 16.2. The summed E-state index contributed by atoms with van der Waals surface area (Å²) >= 11 is 0. The Kier molecular flexibility index (Phi) is 4.21. The average molecular weight is 236 g/mol. The lowest BCUT2D eigenvalue weighted by atomic mass is 9.85. The first kappa shape index (κ1) is 12.6. The highest BCUT2D eigenvalue weighted by molar-refractivity contribution is 5.82. The smallest absolute Gasteiger partial charge is 0.237 e. The quantitative estimate of drug-likeness (QED) is 0.736. The Morgan fingerprint density at radius 3 is 2.82 bits per heavy atom. The van der Waals surface area contributed by atoms with Crippen molar-refractivity contribution in [3.8, 4) is 0 Å². The van der Waals surface area contributed by atoms with Crippen molar-refractivity contribution in [3.05, 3.63) is 11.6 Å². The van der Waals surface area contributed by atoms with E-state index in [1.807, 2.05) is 0 Å². The zero-order valence-electron chi connectivity index (χ0n) is 11.0. The summed E-state index contributed by atoms with van der Waals surface area (Å²) in [6.45, 7) is 4.76. The molecule has 2 N–H and O–H groups in total. The maximum absolute atomic E-state index is 12.0. The molecule has 2 fully saturated rings. The third-order valence-corrected chi connectivity index (χ3v) is 3.97.